The average Bonchev–Trinajstić information content (AvgIpc) is 2.54. The second kappa shape index (κ2) is 5.24. The second-order valence-corrected chi connectivity index (χ2v) is 5.41. The van der Waals surface area contributed by atoms with Crippen molar-refractivity contribution in [1.29, 1.82) is 0 Å². The molecule has 2 heterocycles. The van der Waals surface area contributed by atoms with E-state index in [4.69, 9.17) is 0 Å². The molecule has 3 amide bonds. The van der Waals surface area contributed by atoms with E-state index >= 15 is 0 Å². The Morgan fingerprint density at radius 1 is 1.39 bits per heavy atom. The molecule has 2 saturated heterocycles. The first kappa shape index (κ1) is 13.3. The summed E-state index contributed by atoms with van der Waals surface area (Å²) < 4.78 is 0. The molecule has 0 radical (unpaired) electrons. The van der Waals surface area contributed by atoms with Gasteiger partial charge in [-0.3, -0.25) is 9.69 Å². The molecule has 102 valence electrons. The molecule has 6 nitrogen and oxygen atoms in total. The summed E-state index contributed by atoms with van der Waals surface area (Å²) in [5.41, 5.74) is -0.673. The molecule has 1 unspecified atom stereocenters. The van der Waals surface area contributed by atoms with Crippen molar-refractivity contribution in [2.75, 3.05) is 40.3 Å². The quantitative estimate of drug-likeness (QED) is 0.671. The molecular weight excluding hydrogens is 232 g/mol. The van der Waals surface area contributed by atoms with Crippen LogP contribution in [0.15, 0.2) is 0 Å². The van der Waals surface area contributed by atoms with Crippen LogP contribution in [0.2, 0.25) is 0 Å². The van der Waals surface area contributed by atoms with Crippen molar-refractivity contribution >= 4 is 11.9 Å². The first-order chi connectivity index (χ1) is 8.55. The Morgan fingerprint density at radius 2 is 2.17 bits per heavy atom. The zero-order chi connectivity index (χ0) is 13.2. The van der Waals surface area contributed by atoms with E-state index in [0.717, 1.165) is 32.4 Å². The van der Waals surface area contributed by atoms with Crippen LogP contribution < -0.4 is 10.6 Å². The van der Waals surface area contributed by atoms with E-state index in [1.54, 1.807) is 0 Å². The van der Waals surface area contributed by atoms with Gasteiger partial charge in [-0.2, -0.15) is 0 Å². The topological polar surface area (TPSA) is 64.7 Å². The van der Waals surface area contributed by atoms with Crippen LogP contribution in [0.4, 0.5) is 4.79 Å². The third-order valence-electron chi connectivity index (χ3n) is 3.62. The minimum atomic E-state index is -0.673. The maximum absolute atomic E-state index is 12.4. The first-order valence-corrected chi connectivity index (χ1v) is 6.55. The van der Waals surface area contributed by atoms with Crippen molar-refractivity contribution in [2.24, 2.45) is 0 Å². The summed E-state index contributed by atoms with van der Waals surface area (Å²) in [6.07, 6.45) is 2.49. The lowest BCUT2D eigenvalue weighted by Crippen LogP contribution is -2.57. The van der Waals surface area contributed by atoms with Gasteiger partial charge in [0.05, 0.1) is 0 Å². The number of amides is 3. The monoisotopic (exact) mass is 254 g/mol. The Labute approximate surface area is 108 Å². The van der Waals surface area contributed by atoms with Gasteiger partial charge in [0.15, 0.2) is 0 Å². The maximum Gasteiger partial charge on any atom is 0.325 e. The van der Waals surface area contributed by atoms with Crippen molar-refractivity contribution in [3.63, 3.8) is 0 Å². The molecule has 2 aliphatic heterocycles. The van der Waals surface area contributed by atoms with E-state index in [-0.39, 0.29) is 11.9 Å². The Kier molecular flexibility index (Phi) is 3.87. The smallest absolute Gasteiger partial charge is 0.322 e. The van der Waals surface area contributed by atoms with E-state index in [1.807, 2.05) is 14.1 Å². The van der Waals surface area contributed by atoms with Gasteiger partial charge in [-0.1, -0.05) is 0 Å². The van der Waals surface area contributed by atoms with E-state index in [9.17, 15) is 9.59 Å². The third kappa shape index (κ3) is 2.49. The van der Waals surface area contributed by atoms with Gasteiger partial charge in [-0.15, -0.1) is 0 Å². The highest BCUT2D eigenvalue weighted by Crippen LogP contribution is 2.24. The molecule has 0 aromatic carbocycles. The lowest BCUT2D eigenvalue weighted by Gasteiger charge is -2.31. The average molecular weight is 254 g/mol. The van der Waals surface area contributed by atoms with Crippen LogP contribution in [0.1, 0.15) is 19.3 Å². The van der Waals surface area contributed by atoms with Crippen molar-refractivity contribution < 1.29 is 9.59 Å². The van der Waals surface area contributed by atoms with Crippen LogP contribution in [-0.2, 0) is 4.79 Å². The standard InChI is InChI=1S/C12H22N4O2/c1-15(2)7-4-8-16-10(17)12(14-11(16)18)5-3-6-13-9-12/h13H,3-9H2,1-2H3,(H,14,18). The predicted octanol–water partition coefficient (Wildman–Crippen LogP) is -0.388. The van der Waals surface area contributed by atoms with Crippen molar-refractivity contribution in [3.05, 3.63) is 0 Å². The first-order valence-electron chi connectivity index (χ1n) is 6.55. The van der Waals surface area contributed by atoms with Gasteiger partial charge in [0.25, 0.3) is 5.91 Å². The fourth-order valence-corrected chi connectivity index (χ4v) is 2.62. The molecule has 0 aromatic heterocycles. The molecule has 0 aromatic rings. The largest absolute Gasteiger partial charge is 0.325 e. The van der Waals surface area contributed by atoms with Crippen LogP contribution in [0, 0.1) is 0 Å². The molecule has 2 rings (SSSR count). The van der Waals surface area contributed by atoms with Crippen LogP contribution in [0.5, 0.6) is 0 Å². The number of piperidine rings is 1. The molecular formula is C12H22N4O2. The minimum Gasteiger partial charge on any atom is -0.322 e. The van der Waals surface area contributed by atoms with Gasteiger partial charge in [-0.05, 0) is 46.4 Å². The lowest BCUT2D eigenvalue weighted by molar-refractivity contribution is -0.131. The second-order valence-electron chi connectivity index (χ2n) is 5.41. The third-order valence-corrected chi connectivity index (χ3v) is 3.62. The minimum absolute atomic E-state index is 0.0570. The predicted molar refractivity (Wildman–Crippen MR) is 68.3 cm³/mol. The maximum atomic E-state index is 12.4. The van der Waals surface area contributed by atoms with Gasteiger partial charge in [0.1, 0.15) is 5.54 Å². The summed E-state index contributed by atoms with van der Waals surface area (Å²) in [5.74, 6) is -0.0570. The zero-order valence-electron chi connectivity index (χ0n) is 11.2. The van der Waals surface area contributed by atoms with Crippen molar-refractivity contribution in [1.82, 2.24) is 20.4 Å². The SMILES string of the molecule is CN(C)CCCN1C(=O)NC2(CCCNC2)C1=O. The van der Waals surface area contributed by atoms with Crippen LogP contribution in [0.25, 0.3) is 0 Å². The van der Waals surface area contributed by atoms with Gasteiger partial charge in [0.2, 0.25) is 0 Å². The number of rotatable bonds is 4. The fourth-order valence-electron chi connectivity index (χ4n) is 2.62. The number of imide groups is 1. The highest BCUT2D eigenvalue weighted by atomic mass is 16.2. The summed E-state index contributed by atoms with van der Waals surface area (Å²) in [5, 5.41) is 6.06. The van der Waals surface area contributed by atoms with E-state index in [0.29, 0.717) is 13.1 Å². The van der Waals surface area contributed by atoms with Crippen LogP contribution in [-0.4, -0.2) is 67.6 Å². The summed E-state index contributed by atoms with van der Waals surface area (Å²) in [6.45, 7) is 2.86. The van der Waals surface area contributed by atoms with Gasteiger partial charge < -0.3 is 15.5 Å². The summed E-state index contributed by atoms with van der Waals surface area (Å²) >= 11 is 0. The zero-order valence-corrected chi connectivity index (χ0v) is 11.2. The van der Waals surface area contributed by atoms with E-state index in [1.165, 1.54) is 4.90 Å². The van der Waals surface area contributed by atoms with E-state index < -0.39 is 5.54 Å². The van der Waals surface area contributed by atoms with Crippen molar-refractivity contribution in [2.45, 2.75) is 24.8 Å². The van der Waals surface area contributed by atoms with Gasteiger partial charge in [0, 0.05) is 13.1 Å². The molecule has 18 heavy (non-hydrogen) atoms. The lowest BCUT2D eigenvalue weighted by atomic mass is 9.90. The normalized spacial score (nSPS) is 28.3. The molecule has 6 heteroatoms. The molecule has 2 aliphatic rings. The van der Waals surface area contributed by atoms with Gasteiger partial charge >= 0.3 is 6.03 Å². The number of urea groups is 1. The number of nitrogens with one attached hydrogen (secondary N) is 2. The highest BCUT2D eigenvalue weighted by molar-refractivity contribution is 6.07. The number of hydrogen-bond acceptors (Lipinski definition) is 4. The van der Waals surface area contributed by atoms with E-state index in [2.05, 4.69) is 15.5 Å². The molecule has 0 saturated carbocycles. The number of nitrogens with zero attached hydrogens (tertiary/aromatic N) is 2. The molecule has 1 spiro atoms. The molecule has 2 fully saturated rings. The van der Waals surface area contributed by atoms with Gasteiger partial charge in [-0.25, -0.2) is 4.79 Å². The van der Waals surface area contributed by atoms with Crippen molar-refractivity contribution in [3.8, 4) is 0 Å². The number of carbonyl (C=O) groups excluding carboxylic acids is 2. The Morgan fingerprint density at radius 3 is 2.78 bits per heavy atom. The fraction of sp³-hybridized carbons (Fsp3) is 0.833. The number of hydrogen-bond donors (Lipinski definition) is 2. The Balaban J connectivity index is 1.96. The molecule has 1 atom stereocenters. The summed E-state index contributed by atoms with van der Waals surface area (Å²) in [7, 11) is 3.97. The summed E-state index contributed by atoms with van der Waals surface area (Å²) in [6, 6.07) is -0.234. The molecule has 2 N–H and O–H groups in total. The Bertz CT molecular complexity index is 337. The van der Waals surface area contributed by atoms with Crippen LogP contribution >= 0.6 is 0 Å². The molecule has 0 bridgehead atoms. The molecule has 0 aliphatic carbocycles. The van der Waals surface area contributed by atoms with Crippen LogP contribution in [0.3, 0.4) is 0 Å². The Hall–Kier alpha value is -1.14. The highest BCUT2D eigenvalue weighted by Gasteiger charge is 2.51. The number of carbonyl (C=O) groups is 2. The summed E-state index contributed by atoms with van der Waals surface area (Å²) in [4.78, 5) is 27.7.